The SMILES string of the molecule is CCOC(=O)c1c(NC(=O)CCCN2C(=O)/C(=C/c3ccccc3OC3CCCCC3)SC2=S)sc2c1CCC(C)C2. The van der Waals surface area contributed by atoms with Gasteiger partial charge < -0.3 is 14.8 Å². The first-order chi connectivity index (χ1) is 20.3. The number of para-hydroxylation sites is 1. The van der Waals surface area contributed by atoms with Crippen LogP contribution in [-0.4, -0.2) is 46.3 Å². The van der Waals surface area contributed by atoms with Gasteiger partial charge in [0, 0.05) is 23.4 Å². The van der Waals surface area contributed by atoms with Gasteiger partial charge in [0.1, 0.15) is 15.1 Å². The summed E-state index contributed by atoms with van der Waals surface area (Å²) in [7, 11) is 0. The average molecular weight is 627 g/mol. The minimum atomic E-state index is -0.380. The van der Waals surface area contributed by atoms with Crippen LogP contribution in [0, 0.1) is 5.92 Å². The number of ether oxygens (including phenoxy) is 2. The minimum absolute atomic E-state index is 0.150. The second kappa shape index (κ2) is 14.2. The van der Waals surface area contributed by atoms with Gasteiger partial charge in [-0.25, -0.2) is 4.79 Å². The van der Waals surface area contributed by atoms with Gasteiger partial charge in [-0.15, -0.1) is 11.3 Å². The largest absolute Gasteiger partial charge is 0.490 e. The molecule has 42 heavy (non-hydrogen) atoms. The van der Waals surface area contributed by atoms with E-state index in [1.807, 2.05) is 30.3 Å². The van der Waals surface area contributed by atoms with Crippen molar-refractivity contribution in [2.24, 2.45) is 5.92 Å². The fraction of sp³-hybridized carbons (Fsp3) is 0.500. The Morgan fingerprint density at radius 1 is 1.17 bits per heavy atom. The number of hydrogen-bond donors (Lipinski definition) is 1. The molecule has 2 aliphatic carbocycles. The van der Waals surface area contributed by atoms with Gasteiger partial charge in [0.15, 0.2) is 0 Å². The molecule has 1 saturated heterocycles. The first kappa shape index (κ1) is 30.8. The summed E-state index contributed by atoms with van der Waals surface area (Å²) >= 11 is 8.30. The number of fused-ring (bicyclic) bond motifs is 1. The van der Waals surface area contributed by atoms with Crippen molar-refractivity contribution in [3.8, 4) is 5.75 Å². The molecule has 1 atom stereocenters. The molecule has 0 bridgehead atoms. The highest BCUT2D eigenvalue weighted by Crippen LogP contribution is 2.40. The molecule has 0 spiro atoms. The van der Waals surface area contributed by atoms with Gasteiger partial charge in [-0.1, -0.05) is 55.5 Å². The fourth-order valence-electron chi connectivity index (χ4n) is 5.75. The molecule has 1 aromatic heterocycles. The molecule has 7 nitrogen and oxygen atoms in total. The number of esters is 1. The first-order valence-corrected chi connectivity index (χ1v) is 17.0. The molecule has 1 N–H and O–H groups in total. The maximum absolute atomic E-state index is 13.3. The summed E-state index contributed by atoms with van der Waals surface area (Å²) in [5.41, 5.74) is 2.39. The van der Waals surface area contributed by atoms with E-state index < -0.39 is 0 Å². The number of amides is 2. The number of benzene rings is 1. The van der Waals surface area contributed by atoms with Crippen LogP contribution in [0.25, 0.3) is 6.08 Å². The van der Waals surface area contributed by atoms with Crippen LogP contribution < -0.4 is 10.1 Å². The molecule has 3 aliphatic rings. The van der Waals surface area contributed by atoms with Crippen LogP contribution in [0.2, 0.25) is 0 Å². The van der Waals surface area contributed by atoms with E-state index in [9.17, 15) is 14.4 Å². The molecule has 2 heterocycles. The topological polar surface area (TPSA) is 84.9 Å². The number of thiocarbonyl (C=S) groups is 1. The van der Waals surface area contributed by atoms with Crippen molar-refractivity contribution in [1.82, 2.24) is 4.90 Å². The van der Waals surface area contributed by atoms with Crippen LogP contribution in [0.1, 0.15) is 91.6 Å². The summed E-state index contributed by atoms with van der Waals surface area (Å²) in [6.07, 6.45) is 11.2. The van der Waals surface area contributed by atoms with Gasteiger partial charge in [0.25, 0.3) is 5.91 Å². The minimum Gasteiger partial charge on any atom is -0.490 e. The Hall–Kier alpha value is -2.69. The molecule has 1 aliphatic heterocycles. The summed E-state index contributed by atoms with van der Waals surface area (Å²) in [5.74, 6) is 0.615. The van der Waals surface area contributed by atoms with Gasteiger partial charge in [0.05, 0.1) is 23.2 Å². The monoisotopic (exact) mass is 626 g/mol. The van der Waals surface area contributed by atoms with Crippen molar-refractivity contribution in [2.75, 3.05) is 18.5 Å². The molecule has 1 unspecified atom stereocenters. The normalized spacial score (nSPS) is 20.1. The molecule has 5 rings (SSSR count). The third kappa shape index (κ3) is 7.26. The van der Waals surface area contributed by atoms with E-state index in [4.69, 9.17) is 21.7 Å². The molecule has 1 aromatic carbocycles. The second-order valence-corrected chi connectivity index (χ2v) is 14.0. The predicted octanol–water partition coefficient (Wildman–Crippen LogP) is 7.38. The van der Waals surface area contributed by atoms with Crippen molar-refractivity contribution >= 4 is 68.5 Å². The highest BCUT2D eigenvalue weighted by Gasteiger charge is 2.33. The standard InChI is InChI=1S/C32H38N2O5S3/c1-3-38-31(37)28-23-16-15-20(2)18-25(23)41-29(28)33-27(35)14-9-17-34-30(36)26(42-32(34)40)19-21-10-7-8-13-24(21)39-22-11-5-4-6-12-22/h7-8,10,13,19-20,22H,3-6,9,11-12,14-18H2,1-2H3,(H,33,35)/b26-19-. The highest BCUT2D eigenvalue weighted by atomic mass is 32.2. The number of rotatable bonds is 10. The van der Waals surface area contributed by atoms with Crippen LogP contribution in [0.4, 0.5) is 5.00 Å². The van der Waals surface area contributed by atoms with Crippen molar-refractivity contribution < 1.29 is 23.9 Å². The zero-order valence-corrected chi connectivity index (χ0v) is 26.7. The van der Waals surface area contributed by atoms with Crippen molar-refractivity contribution in [3.05, 3.63) is 50.7 Å². The lowest BCUT2D eigenvalue weighted by molar-refractivity contribution is -0.122. The zero-order valence-electron chi connectivity index (χ0n) is 24.2. The summed E-state index contributed by atoms with van der Waals surface area (Å²) in [4.78, 5) is 42.3. The van der Waals surface area contributed by atoms with Crippen LogP contribution in [0.5, 0.6) is 5.75 Å². The molecule has 10 heteroatoms. The van der Waals surface area contributed by atoms with E-state index in [1.165, 1.54) is 42.4 Å². The smallest absolute Gasteiger partial charge is 0.341 e. The van der Waals surface area contributed by atoms with Gasteiger partial charge in [-0.05, 0) is 81.9 Å². The van der Waals surface area contributed by atoms with E-state index in [0.29, 0.717) is 38.7 Å². The third-order valence-electron chi connectivity index (χ3n) is 7.95. The number of hydrogen-bond acceptors (Lipinski definition) is 8. The van der Waals surface area contributed by atoms with Crippen LogP contribution >= 0.6 is 35.3 Å². The number of carbonyl (C=O) groups excluding carboxylic acids is 3. The van der Waals surface area contributed by atoms with Crippen molar-refractivity contribution in [3.63, 3.8) is 0 Å². The molecule has 2 aromatic rings. The van der Waals surface area contributed by atoms with Gasteiger partial charge in [-0.2, -0.15) is 0 Å². The number of nitrogens with one attached hydrogen (secondary N) is 1. The Bertz CT molecular complexity index is 1380. The maximum Gasteiger partial charge on any atom is 0.341 e. The molecule has 0 radical (unpaired) electrons. The Kier molecular flexibility index (Phi) is 10.4. The maximum atomic E-state index is 13.3. The molecular formula is C32H38N2O5S3. The first-order valence-electron chi connectivity index (χ1n) is 15.0. The summed E-state index contributed by atoms with van der Waals surface area (Å²) in [6, 6.07) is 7.81. The Labute approximate surface area is 261 Å². The van der Waals surface area contributed by atoms with Crippen molar-refractivity contribution in [1.29, 1.82) is 0 Å². The molecule has 1 saturated carbocycles. The average Bonchev–Trinajstić information content (AvgIpc) is 3.45. The van der Waals surface area contributed by atoms with E-state index in [2.05, 4.69) is 12.2 Å². The van der Waals surface area contributed by atoms with E-state index in [-0.39, 0.29) is 36.9 Å². The lowest BCUT2D eigenvalue weighted by Crippen LogP contribution is -2.29. The number of thioether (sulfide) groups is 1. The molecule has 2 amide bonds. The summed E-state index contributed by atoms with van der Waals surface area (Å²) < 4.78 is 12.1. The predicted molar refractivity (Wildman–Crippen MR) is 173 cm³/mol. The lowest BCUT2D eigenvalue weighted by atomic mass is 9.88. The molecule has 2 fully saturated rings. The Morgan fingerprint density at radius 2 is 1.95 bits per heavy atom. The van der Waals surface area contributed by atoms with Crippen LogP contribution in [0.3, 0.4) is 0 Å². The van der Waals surface area contributed by atoms with Gasteiger partial charge in [0.2, 0.25) is 5.91 Å². The van der Waals surface area contributed by atoms with Gasteiger partial charge >= 0.3 is 5.97 Å². The van der Waals surface area contributed by atoms with E-state index in [0.717, 1.165) is 53.9 Å². The van der Waals surface area contributed by atoms with Crippen LogP contribution in [-0.2, 0) is 27.2 Å². The van der Waals surface area contributed by atoms with E-state index in [1.54, 1.807) is 11.8 Å². The lowest BCUT2D eigenvalue weighted by Gasteiger charge is -2.23. The molecule has 224 valence electrons. The number of carbonyl (C=O) groups is 3. The second-order valence-electron chi connectivity index (χ2n) is 11.2. The molecular weight excluding hydrogens is 589 g/mol. The van der Waals surface area contributed by atoms with Gasteiger partial charge in [-0.3, -0.25) is 14.5 Å². The number of anilines is 1. The van der Waals surface area contributed by atoms with Crippen molar-refractivity contribution in [2.45, 2.75) is 84.2 Å². The van der Waals surface area contributed by atoms with Crippen LogP contribution in [0.15, 0.2) is 29.2 Å². The zero-order chi connectivity index (χ0) is 29.6. The Morgan fingerprint density at radius 3 is 2.74 bits per heavy atom. The number of nitrogens with zero attached hydrogens (tertiary/aromatic N) is 1. The number of thiophene rings is 1. The Balaban J connectivity index is 1.19. The third-order valence-corrected chi connectivity index (χ3v) is 10.5. The summed E-state index contributed by atoms with van der Waals surface area (Å²) in [5, 5.41) is 3.53. The fourth-order valence-corrected chi connectivity index (χ4v) is 8.46. The summed E-state index contributed by atoms with van der Waals surface area (Å²) in [6.45, 7) is 4.62. The quantitative estimate of drug-likeness (QED) is 0.167. The highest BCUT2D eigenvalue weighted by molar-refractivity contribution is 8.26. The van der Waals surface area contributed by atoms with E-state index >= 15 is 0 Å².